The van der Waals surface area contributed by atoms with Crippen molar-refractivity contribution in [2.75, 3.05) is 13.1 Å². The first-order valence-corrected chi connectivity index (χ1v) is 6.54. The maximum atomic E-state index is 11.6. The molecule has 0 aliphatic carbocycles. The second-order valence-corrected chi connectivity index (χ2v) is 5.80. The Morgan fingerprint density at radius 1 is 1.35 bits per heavy atom. The number of thiophene rings is 1. The van der Waals surface area contributed by atoms with Gasteiger partial charge in [-0.05, 0) is 19.1 Å². The van der Waals surface area contributed by atoms with E-state index in [0.29, 0.717) is 15.9 Å². The van der Waals surface area contributed by atoms with Crippen LogP contribution in [0.15, 0.2) is 23.2 Å². The van der Waals surface area contributed by atoms with Crippen LogP contribution in [0.25, 0.3) is 0 Å². The molecule has 0 bridgehead atoms. The molecule has 0 saturated carbocycles. The molecule has 0 aliphatic heterocycles. The number of rotatable bonds is 5. The topological polar surface area (TPSA) is 58.2 Å². The molecular formula is C11H13BrN2O2S. The Hall–Kier alpha value is -1.14. The summed E-state index contributed by atoms with van der Waals surface area (Å²) in [5.74, 6) is -0.469. The molecule has 0 saturated heterocycles. The molecule has 6 heteroatoms. The van der Waals surface area contributed by atoms with Crippen molar-refractivity contribution in [2.24, 2.45) is 0 Å². The number of aryl methyl sites for hydroxylation is 1. The average Bonchev–Trinajstić information content (AvgIpc) is 2.70. The van der Waals surface area contributed by atoms with Gasteiger partial charge in [-0.25, -0.2) is 0 Å². The summed E-state index contributed by atoms with van der Waals surface area (Å²) in [7, 11) is 0. The molecule has 0 atom stereocenters. The first-order valence-electron chi connectivity index (χ1n) is 4.93. The van der Waals surface area contributed by atoms with Gasteiger partial charge >= 0.3 is 0 Å². The van der Waals surface area contributed by atoms with Gasteiger partial charge in [-0.2, -0.15) is 0 Å². The van der Waals surface area contributed by atoms with Crippen LogP contribution in [0.4, 0.5) is 0 Å². The van der Waals surface area contributed by atoms with E-state index < -0.39 is 0 Å². The number of hydrogen-bond donors (Lipinski definition) is 2. The summed E-state index contributed by atoms with van der Waals surface area (Å²) in [6.07, 6.45) is 0. The fraction of sp³-hybridized carbons (Fsp3) is 0.273. The molecular weight excluding hydrogens is 304 g/mol. The zero-order chi connectivity index (χ0) is 12.8. The van der Waals surface area contributed by atoms with Crippen LogP contribution in [0.5, 0.6) is 0 Å². The third kappa shape index (κ3) is 5.14. The summed E-state index contributed by atoms with van der Waals surface area (Å²) in [4.78, 5) is 24.6. The zero-order valence-corrected chi connectivity index (χ0v) is 11.8. The van der Waals surface area contributed by atoms with Crippen molar-refractivity contribution in [3.63, 3.8) is 0 Å². The van der Waals surface area contributed by atoms with E-state index >= 15 is 0 Å². The summed E-state index contributed by atoms with van der Waals surface area (Å²) < 4.78 is 0.686. The highest BCUT2D eigenvalue weighted by atomic mass is 79.9. The summed E-state index contributed by atoms with van der Waals surface area (Å²) in [6, 6.07) is 3.61. The quantitative estimate of drug-likeness (QED) is 0.870. The first kappa shape index (κ1) is 13.9. The monoisotopic (exact) mass is 316 g/mol. The van der Waals surface area contributed by atoms with Gasteiger partial charge in [0, 0.05) is 15.9 Å². The molecule has 0 spiro atoms. The van der Waals surface area contributed by atoms with Gasteiger partial charge in [0.25, 0.3) is 5.91 Å². The number of amides is 2. The molecule has 2 N–H and O–H groups in total. The second-order valence-electron chi connectivity index (χ2n) is 3.39. The molecule has 0 aliphatic rings. The van der Waals surface area contributed by atoms with Crippen molar-refractivity contribution < 1.29 is 9.59 Å². The third-order valence-corrected chi connectivity index (χ3v) is 3.13. The van der Waals surface area contributed by atoms with E-state index in [1.165, 1.54) is 11.3 Å². The number of halogens is 1. The molecule has 0 aromatic carbocycles. The van der Waals surface area contributed by atoms with Gasteiger partial charge < -0.3 is 10.6 Å². The fourth-order valence-corrected chi connectivity index (χ4v) is 1.99. The minimum absolute atomic E-state index is 0.0317. The van der Waals surface area contributed by atoms with E-state index in [-0.39, 0.29) is 18.4 Å². The lowest BCUT2D eigenvalue weighted by molar-refractivity contribution is -0.119. The van der Waals surface area contributed by atoms with Crippen LogP contribution in [-0.2, 0) is 4.79 Å². The minimum Gasteiger partial charge on any atom is -0.350 e. The molecule has 1 aromatic heterocycles. The SMILES string of the molecule is C=C(Br)CNC(=O)CNC(=O)c1ccc(C)s1. The van der Waals surface area contributed by atoms with E-state index in [9.17, 15) is 9.59 Å². The highest BCUT2D eigenvalue weighted by Gasteiger charge is 2.09. The first-order chi connectivity index (χ1) is 7.99. The standard InChI is InChI=1S/C11H13BrN2O2S/c1-7(12)5-13-10(15)6-14-11(16)9-4-3-8(2)17-9/h3-4H,1,5-6H2,2H3,(H,13,15)(H,14,16). The Bertz CT molecular complexity index is 442. The lowest BCUT2D eigenvalue weighted by atomic mass is 10.4. The molecule has 0 unspecified atom stereocenters. The molecule has 92 valence electrons. The van der Waals surface area contributed by atoms with E-state index in [4.69, 9.17) is 0 Å². The van der Waals surface area contributed by atoms with Crippen LogP contribution in [-0.4, -0.2) is 24.9 Å². The Morgan fingerprint density at radius 3 is 2.59 bits per heavy atom. The van der Waals surface area contributed by atoms with Gasteiger partial charge in [0.15, 0.2) is 0 Å². The predicted molar refractivity (Wildman–Crippen MR) is 72.5 cm³/mol. The normalized spacial score (nSPS) is 9.76. The van der Waals surface area contributed by atoms with Crippen molar-refractivity contribution in [1.82, 2.24) is 10.6 Å². The van der Waals surface area contributed by atoms with Gasteiger partial charge in [0.05, 0.1) is 11.4 Å². The molecule has 17 heavy (non-hydrogen) atoms. The number of carbonyl (C=O) groups is 2. The fourth-order valence-electron chi connectivity index (χ4n) is 1.06. The molecule has 4 nitrogen and oxygen atoms in total. The van der Waals surface area contributed by atoms with Crippen LogP contribution in [0, 0.1) is 6.92 Å². The second kappa shape index (κ2) is 6.56. The van der Waals surface area contributed by atoms with Crippen molar-refractivity contribution in [3.8, 4) is 0 Å². The van der Waals surface area contributed by atoms with Crippen molar-refractivity contribution >= 4 is 39.1 Å². The van der Waals surface area contributed by atoms with Crippen LogP contribution in [0.1, 0.15) is 14.5 Å². The van der Waals surface area contributed by atoms with Crippen LogP contribution in [0.2, 0.25) is 0 Å². The average molecular weight is 317 g/mol. The summed E-state index contributed by atoms with van der Waals surface area (Å²) in [6.45, 7) is 5.84. The van der Waals surface area contributed by atoms with Crippen LogP contribution in [0.3, 0.4) is 0 Å². The van der Waals surface area contributed by atoms with E-state index in [1.807, 2.05) is 13.0 Å². The molecule has 1 aromatic rings. The Balaban J connectivity index is 2.33. The lowest BCUT2D eigenvalue weighted by Gasteiger charge is -2.05. The predicted octanol–water partition coefficient (Wildman–Crippen LogP) is 1.81. The van der Waals surface area contributed by atoms with Crippen LogP contribution < -0.4 is 10.6 Å². The van der Waals surface area contributed by atoms with Gasteiger partial charge in [0.1, 0.15) is 0 Å². The summed E-state index contributed by atoms with van der Waals surface area (Å²) in [5, 5.41) is 5.15. The Labute approximate surface area is 112 Å². The summed E-state index contributed by atoms with van der Waals surface area (Å²) in [5.41, 5.74) is 0. The molecule has 1 rings (SSSR count). The highest BCUT2D eigenvalue weighted by molar-refractivity contribution is 9.11. The Kier molecular flexibility index (Phi) is 5.37. The smallest absolute Gasteiger partial charge is 0.261 e. The molecule has 1 heterocycles. The number of nitrogens with one attached hydrogen (secondary N) is 2. The van der Waals surface area contributed by atoms with Gasteiger partial charge in [-0.15, -0.1) is 11.3 Å². The van der Waals surface area contributed by atoms with E-state index in [1.54, 1.807) is 6.07 Å². The molecule has 2 amide bonds. The summed E-state index contributed by atoms with van der Waals surface area (Å²) >= 11 is 4.53. The zero-order valence-electron chi connectivity index (χ0n) is 9.38. The number of hydrogen-bond acceptors (Lipinski definition) is 3. The minimum atomic E-state index is -0.243. The molecule has 0 radical (unpaired) electrons. The maximum absolute atomic E-state index is 11.6. The highest BCUT2D eigenvalue weighted by Crippen LogP contribution is 2.14. The van der Waals surface area contributed by atoms with Gasteiger partial charge in [-0.3, -0.25) is 9.59 Å². The van der Waals surface area contributed by atoms with Crippen molar-refractivity contribution in [1.29, 1.82) is 0 Å². The van der Waals surface area contributed by atoms with Crippen LogP contribution >= 0.6 is 27.3 Å². The third-order valence-electron chi connectivity index (χ3n) is 1.85. The number of carbonyl (C=O) groups excluding carboxylic acids is 2. The van der Waals surface area contributed by atoms with Crippen molar-refractivity contribution in [3.05, 3.63) is 32.9 Å². The largest absolute Gasteiger partial charge is 0.350 e. The van der Waals surface area contributed by atoms with Gasteiger partial charge in [0.2, 0.25) is 5.91 Å². The molecule has 0 fully saturated rings. The van der Waals surface area contributed by atoms with Crippen molar-refractivity contribution in [2.45, 2.75) is 6.92 Å². The van der Waals surface area contributed by atoms with Gasteiger partial charge in [-0.1, -0.05) is 22.5 Å². The maximum Gasteiger partial charge on any atom is 0.261 e. The Morgan fingerprint density at radius 2 is 2.06 bits per heavy atom. The van der Waals surface area contributed by atoms with E-state index in [0.717, 1.165) is 4.88 Å². The lowest BCUT2D eigenvalue weighted by Crippen LogP contribution is -2.37. The van der Waals surface area contributed by atoms with E-state index in [2.05, 4.69) is 33.1 Å².